The highest BCUT2D eigenvalue weighted by Crippen LogP contribution is 2.42. The maximum absolute atomic E-state index is 12.6. The van der Waals surface area contributed by atoms with Crippen LogP contribution in [-0.4, -0.2) is 28.8 Å². The van der Waals surface area contributed by atoms with Crippen LogP contribution >= 0.6 is 0 Å². The molecule has 2 aliphatic rings. The molecule has 2 N–H and O–H groups in total. The lowest BCUT2D eigenvalue weighted by Crippen LogP contribution is -2.57. The third kappa shape index (κ3) is 3.22. The normalized spacial score (nSPS) is 33.5. The van der Waals surface area contributed by atoms with Crippen LogP contribution < -0.4 is 5.32 Å². The highest BCUT2D eigenvalue weighted by atomic mass is 19.4. The van der Waals surface area contributed by atoms with Gasteiger partial charge in [-0.1, -0.05) is 12.8 Å². The van der Waals surface area contributed by atoms with E-state index in [0.717, 1.165) is 25.7 Å². The SMILES string of the molecule is O=C(O)C1(NC2CCCC2)CCC(C(F)(F)F)CC1. The van der Waals surface area contributed by atoms with Gasteiger partial charge in [-0.15, -0.1) is 0 Å². The van der Waals surface area contributed by atoms with Gasteiger partial charge in [0.05, 0.1) is 5.92 Å². The summed E-state index contributed by atoms with van der Waals surface area (Å²) in [5.74, 6) is -2.34. The van der Waals surface area contributed by atoms with E-state index in [1.807, 2.05) is 0 Å². The van der Waals surface area contributed by atoms with Gasteiger partial charge in [-0.3, -0.25) is 10.1 Å². The van der Waals surface area contributed by atoms with Crippen molar-refractivity contribution in [3.63, 3.8) is 0 Å². The van der Waals surface area contributed by atoms with Gasteiger partial charge in [0.2, 0.25) is 0 Å². The Morgan fingerprint density at radius 2 is 1.63 bits per heavy atom. The van der Waals surface area contributed by atoms with Crippen molar-refractivity contribution in [3.05, 3.63) is 0 Å². The first-order chi connectivity index (χ1) is 8.83. The summed E-state index contributed by atoms with van der Waals surface area (Å²) >= 11 is 0. The van der Waals surface area contributed by atoms with Crippen molar-refractivity contribution in [2.45, 2.75) is 69.1 Å². The predicted molar refractivity (Wildman–Crippen MR) is 63.8 cm³/mol. The topological polar surface area (TPSA) is 49.3 Å². The summed E-state index contributed by atoms with van der Waals surface area (Å²) in [5, 5.41) is 12.5. The largest absolute Gasteiger partial charge is 0.480 e. The van der Waals surface area contributed by atoms with Crippen molar-refractivity contribution in [1.29, 1.82) is 0 Å². The van der Waals surface area contributed by atoms with Gasteiger partial charge in [0.25, 0.3) is 0 Å². The molecule has 6 heteroatoms. The van der Waals surface area contributed by atoms with Gasteiger partial charge >= 0.3 is 12.1 Å². The molecule has 2 aliphatic carbocycles. The van der Waals surface area contributed by atoms with E-state index in [1.54, 1.807) is 0 Å². The first-order valence-electron chi connectivity index (χ1n) is 6.91. The molecule has 0 spiro atoms. The molecule has 0 aromatic rings. The molecule has 0 aromatic heterocycles. The molecule has 110 valence electrons. The fourth-order valence-electron chi connectivity index (χ4n) is 3.32. The van der Waals surface area contributed by atoms with Gasteiger partial charge in [-0.05, 0) is 38.5 Å². The van der Waals surface area contributed by atoms with E-state index in [2.05, 4.69) is 5.32 Å². The van der Waals surface area contributed by atoms with Crippen molar-refractivity contribution in [2.75, 3.05) is 0 Å². The van der Waals surface area contributed by atoms with Gasteiger partial charge in [0, 0.05) is 6.04 Å². The molecule has 2 saturated carbocycles. The summed E-state index contributed by atoms with van der Waals surface area (Å²) in [5.41, 5.74) is -1.14. The van der Waals surface area contributed by atoms with Crippen LogP contribution in [0.3, 0.4) is 0 Å². The Morgan fingerprint density at radius 1 is 1.11 bits per heavy atom. The Labute approximate surface area is 110 Å². The average molecular weight is 279 g/mol. The second-order valence-corrected chi connectivity index (χ2v) is 5.83. The number of halogens is 3. The molecule has 2 rings (SSSR count). The van der Waals surface area contributed by atoms with Crippen LogP contribution in [0.4, 0.5) is 13.2 Å². The summed E-state index contributed by atoms with van der Waals surface area (Å²) in [6.07, 6.45) is -0.234. The number of carboxylic acid groups (broad SMARTS) is 1. The molecular weight excluding hydrogens is 259 g/mol. The fourth-order valence-corrected chi connectivity index (χ4v) is 3.32. The molecule has 0 atom stereocenters. The number of carboxylic acids is 1. The van der Waals surface area contributed by atoms with E-state index in [9.17, 15) is 23.1 Å². The number of hydrogen-bond acceptors (Lipinski definition) is 2. The number of hydrogen-bond donors (Lipinski definition) is 2. The molecule has 0 heterocycles. The minimum atomic E-state index is -4.20. The first kappa shape index (κ1) is 14.6. The number of alkyl halides is 3. The first-order valence-corrected chi connectivity index (χ1v) is 6.91. The van der Waals surface area contributed by atoms with E-state index < -0.39 is 23.6 Å². The third-order valence-corrected chi connectivity index (χ3v) is 4.55. The zero-order valence-electron chi connectivity index (χ0n) is 10.8. The maximum atomic E-state index is 12.6. The van der Waals surface area contributed by atoms with Gasteiger partial charge in [-0.25, -0.2) is 0 Å². The second-order valence-electron chi connectivity index (χ2n) is 5.83. The lowest BCUT2D eigenvalue weighted by molar-refractivity contribution is -0.188. The fraction of sp³-hybridized carbons (Fsp3) is 0.923. The van der Waals surface area contributed by atoms with Crippen molar-refractivity contribution in [3.8, 4) is 0 Å². The second kappa shape index (κ2) is 5.31. The highest BCUT2D eigenvalue weighted by molar-refractivity contribution is 5.79. The maximum Gasteiger partial charge on any atom is 0.391 e. The van der Waals surface area contributed by atoms with Crippen LogP contribution in [0.2, 0.25) is 0 Å². The number of carbonyl (C=O) groups is 1. The van der Waals surface area contributed by atoms with Gasteiger partial charge < -0.3 is 5.11 Å². The minimum absolute atomic E-state index is 0.0724. The van der Waals surface area contributed by atoms with Gasteiger partial charge in [0.15, 0.2) is 0 Å². The zero-order valence-corrected chi connectivity index (χ0v) is 10.8. The molecule has 19 heavy (non-hydrogen) atoms. The van der Waals surface area contributed by atoms with Crippen LogP contribution in [0.25, 0.3) is 0 Å². The van der Waals surface area contributed by atoms with Crippen molar-refractivity contribution in [2.24, 2.45) is 5.92 Å². The van der Waals surface area contributed by atoms with E-state index in [-0.39, 0.29) is 31.7 Å². The van der Waals surface area contributed by atoms with Crippen molar-refractivity contribution >= 4 is 5.97 Å². The summed E-state index contributed by atoms with van der Waals surface area (Å²) in [7, 11) is 0. The Morgan fingerprint density at radius 3 is 2.05 bits per heavy atom. The van der Waals surface area contributed by atoms with Crippen LogP contribution in [0, 0.1) is 5.92 Å². The Balaban J connectivity index is 2.00. The minimum Gasteiger partial charge on any atom is -0.480 e. The Bertz CT molecular complexity index is 329. The predicted octanol–water partition coefficient (Wildman–Crippen LogP) is 3.09. The van der Waals surface area contributed by atoms with Crippen LogP contribution in [0.5, 0.6) is 0 Å². The molecular formula is C13H20F3NO2. The zero-order chi connectivity index (χ0) is 14.1. The van der Waals surface area contributed by atoms with E-state index in [0.29, 0.717) is 0 Å². The molecule has 0 saturated heterocycles. The number of nitrogens with one attached hydrogen (secondary N) is 1. The standard InChI is InChI=1S/C13H20F3NO2/c14-13(15,16)9-5-7-12(8-6-9,11(18)19)17-10-3-1-2-4-10/h9-10,17H,1-8H2,(H,18,19). The molecule has 0 aromatic carbocycles. The summed E-state index contributed by atoms with van der Waals surface area (Å²) in [6.45, 7) is 0. The van der Waals surface area contributed by atoms with Gasteiger partial charge in [-0.2, -0.15) is 13.2 Å². The van der Waals surface area contributed by atoms with Crippen molar-refractivity contribution in [1.82, 2.24) is 5.32 Å². The lowest BCUT2D eigenvalue weighted by atomic mass is 9.75. The lowest BCUT2D eigenvalue weighted by Gasteiger charge is -2.39. The van der Waals surface area contributed by atoms with Crippen LogP contribution in [-0.2, 0) is 4.79 Å². The quantitative estimate of drug-likeness (QED) is 0.834. The number of rotatable bonds is 3. The molecule has 0 amide bonds. The van der Waals surface area contributed by atoms with Crippen molar-refractivity contribution < 1.29 is 23.1 Å². The number of aliphatic carboxylic acids is 1. The summed E-state index contributed by atoms with van der Waals surface area (Å²) in [4.78, 5) is 11.5. The van der Waals surface area contributed by atoms with Gasteiger partial charge in [0.1, 0.15) is 5.54 Å². The summed E-state index contributed by atoms with van der Waals surface area (Å²) in [6, 6.07) is 0.151. The highest BCUT2D eigenvalue weighted by Gasteiger charge is 2.49. The Kier molecular flexibility index (Phi) is 4.08. The average Bonchev–Trinajstić information content (AvgIpc) is 2.81. The molecule has 0 radical (unpaired) electrons. The van der Waals surface area contributed by atoms with E-state index in [4.69, 9.17) is 0 Å². The van der Waals surface area contributed by atoms with Crippen LogP contribution in [0.1, 0.15) is 51.4 Å². The van der Waals surface area contributed by atoms with E-state index in [1.165, 1.54) is 0 Å². The molecule has 2 fully saturated rings. The molecule has 0 bridgehead atoms. The molecule has 0 unspecified atom stereocenters. The molecule has 3 nitrogen and oxygen atoms in total. The smallest absolute Gasteiger partial charge is 0.391 e. The monoisotopic (exact) mass is 279 g/mol. The van der Waals surface area contributed by atoms with Crippen LogP contribution in [0.15, 0.2) is 0 Å². The van der Waals surface area contributed by atoms with E-state index >= 15 is 0 Å². The third-order valence-electron chi connectivity index (χ3n) is 4.55. The Hall–Kier alpha value is -0.780. The summed E-state index contributed by atoms with van der Waals surface area (Å²) < 4.78 is 37.9. The molecule has 0 aliphatic heterocycles.